The summed E-state index contributed by atoms with van der Waals surface area (Å²) in [5.41, 5.74) is 0. The van der Waals surface area contributed by atoms with Crippen molar-refractivity contribution in [2.75, 3.05) is 26.4 Å². The minimum Gasteiger partial charge on any atom is -0.466 e. The molecule has 19 heavy (non-hydrogen) atoms. The second-order valence-corrected chi connectivity index (χ2v) is 4.53. The molecule has 0 N–H and O–H groups in total. The maximum Gasteiger partial charge on any atom is 0.305 e. The summed E-state index contributed by atoms with van der Waals surface area (Å²) in [7, 11) is 0. The molecule has 0 aromatic carbocycles. The molecule has 0 spiro atoms. The van der Waals surface area contributed by atoms with E-state index in [1.54, 1.807) is 0 Å². The molecular weight excluding hydrogens is 244 g/mol. The second kappa shape index (κ2) is 13.8. The fraction of sp³-hybridized carbons (Fsp3) is 0.933. The van der Waals surface area contributed by atoms with Crippen LogP contribution in [0.4, 0.5) is 0 Å². The zero-order chi connectivity index (χ0) is 14.3. The van der Waals surface area contributed by atoms with Crippen LogP contribution in [0, 0.1) is 0 Å². The maximum absolute atomic E-state index is 11.3. The van der Waals surface area contributed by atoms with Gasteiger partial charge in [0.2, 0.25) is 0 Å². The van der Waals surface area contributed by atoms with Crippen molar-refractivity contribution >= 4 is 5.97 Å². The maximum atomic E-state index is 11.3. The van der Waals surface area contributed by atoms with E-state index < -0.39 is 0 Å². The first-order valence-corrected chi connectivity index (χ1v) is 7.59. The van der Waals surface area contributed by atoms with Crippen LogP contribution in [0.15, 0.2) is 0 Å². The summed E-state index contributed by atoms with van der Waals surface area (Å²) in [5, 5.41) is 0. The molecule has 1 atom stereocenters. The molecule has 0 fully saturated rings. The van der Waals surface area contributed by atoms with Gasteiger partial charge in [-0.05, 0) is 33.1 Å². The first-order chi connectivity index (χ1) is 9.24. The van der Waals surface area contributed by atoms with Crippen LogP contribution in [-0.4, -0.2) is 38.5 Å². The van der Waals surface area contributed by atoms with Gasteiger partial charge in [0.25, 0.3) is 0 Å². The predicted octanol–water partition coefficient (Wildman–Crippen LogP) is 3.33. The fourth-order valence-electron chi connectivity index (χ4n) is 1.87. The molecule has 0 aliphatic carbocycles. The summed E-state index contributed by atoms with van der Waals surface area (Å²) < 4.78 is 16.0. The summed E-state index contributed by atoms with van der Waals surface area (Å²) in [6.07, 6.45) is 5.89. The van der Waals surface area contributed by atoms with E-state index in [1.165, 1.54) is 12.8 Å². The van der Waals surface area contributed by atoms with Crippen molar-refractivity contribution < 1.29 is 19.0 Å². The Bertz CT molecular complexity index is 206. The minimum absolute atomic E-state index is 0.106. The van der Waals surface area contributed by atoms with Gasteiger partial charge in [-0.25, -0.2) is 0 Å². The summed E-state index contributed by atoms with van der Waals surface area (Å²) in [6.45, 7) is 8.47. The highest BCUT2D eigenvalue weighted by Crippen LogP contribution is 2.13. The van der Waals surface area contributed by atoms with Gasteiger partial charge in [-0.2, -0.15) is 0 Å². The van der Waals surface area contributed by atoms with Crippen LogP contribution in [-0.2, 0) is 19.0 Å². The van der Waals surface area contributed by atoms with E-state index in [9.17, 15) is 4.79 Å². The number of ether oxygens (including phenoxy) is 3. The van der Waals surface area contributed by atoms with E-state index in [4.69, 9.17) is 14.2 Å². The molecule has 0 bridgehead atoms. The molecule has 0 heterocycles. The van der Waals surface area contributed by atoms with Gasteiger partial charge in [0, 0.05) is 13.0 Å². The average molecular weight is 274 g/mol. The Morgan fingerprint density at radius 3 is 2.37 bits per heavy atom. The molecular formula is C15H30O4. The molecule has 0 aromatic rings. The van der Waals surface area contributed by atoms with Gasteiger partial charge < -0.3 is 14.2 Å². The SMILES string of the molecule is CCCCC(CCCC(=O)OCC)OCCOCC. The largest absolute Gasteiger partial charge is 0.466 e. The first-order valence-electron chi connectivity index (χ1n) is 7.59. The second-order valence-electron chi connectivity index (χ2n) is 4.53. The van der Waals surface area contributed by atoms with E-state index in [0.29, 0.717) is 26.2 Å². The van der Waals surface area contributed by atoms with Crippen molar-refractivity contribution in [3.8, 4) is 0 Å². The molecule has 0 saturated carbocycles. The topological polar surface area (TPSA) is 44.8 Å². The molecule has 0 aromatic heterocycles. The van der Waals surface area contributed by atoms with Crippen molar-refractivity contribution in [2.45, 2.75) is 65.4 Å². The molecule has 1 unspecified atom stereocenters. The van der Waals surface area contributed by atoms with Crippen LogP contribution in [0.5, 0.6) is 0 Å². The number of unbranched alkanes of at least 4 members (excludes halogenated alkanes) is 1. The lowest BCUT2D eigenvalue weighted by Gasteiger charge is -2.17. The van der Waals surface area contributed by atoms with Crippen LogP contribution in [0.2, 0.25) is 0 Å². The quantitative estimate of drug-likeness (QED) is 0.382. The third-order valence-electron chi connectivity index (χ3n) is 2.88. The number of carbonyl (C=O) groups excluding carboxylic acids is 1. The van der Waals surface area contributed by atoms with E-state index in [-0.39, 0.29) is 12.1 Å². The van der Waals surface area contributed by atoms with Gasteiger partial charge in [0.05, 0.1) is 25.9 Å². The lowest BCUT2D eigenvalue weighted by molar-refractivity contribution is -0.143. The Labute approximate surface area is 117 Å². The standard InChI is InChI=1S/C15H30O4/c1-4-7-9-14(19-13-12-17-5-2)10-8-11-15(16)18-6-3/h14H,4-13H2,1-3H3. The van der Waals surface area contributed by atoms with Crippen molar-refractivity contribution in [1.29, 1.82) is 0 Å². The Hall–Kier alpha value is -0.610. The Kier molecular flexibility index (Phi) is 13.4. The third-order valence-corrected chi connectivity index (χ3v) is 2.88. The number of esters is 1. The van der Waals surface area contributed by atoms with E-state index in [1.807, 2.05) is 13.8 Å². The smallest absolute Gasteiger partial charge is 0.305 e. The molecule has 0 aliphatic heterocycles. The average Bonchev–Trinajstić information content (AvgIpc) is 2.40. The Balaban J connectivity index is 3.75. The minimum atomic E-state index is -0.106. The van der Waals surface area contributed by atoms with Crippen molar-refractivity contribution in [1.82, 2.24) is 0 Å². The fourth-order valence-corrected chi connectivity index (χ4v) is 1.87. The Morgan fingerprint density at radius 1 is 1.00 bits per heavy atom. The highest BCUT2D eigenvalue weighted by Gasteiger charge is 2.10. The Morgan fingerprint density at radius 2 is 1.74 bits per heavy atom. The van der Waals surface area contributed by atoms with Gasteiger partial charge in [-0.15, -0.1) is 0 Å². The van der Waals surface area contributed by atoms with Gasteiger partial charge in [-0.1, -0.05) is 19.8 Å². The van der Waals surface area contributed by atoms with Crippen molar-refractivity contribution in [3.63, 3.8) is 0 Å². The van der Waals surface area contributed by atoms with Gasteiger partial charge in [0.1, 0.15) is 0 Å². The molecule has 4 heteroatoms. The molecule has 114 valence electrons. The molecule has 0 aliphatic rings. The number of carbonyl (C=O) groups is 1. The lowest BCUT2D eigenvalue weighted by Crippen LogP contribution is -2.17. The highest BCUT2D eigenvalue weighted by atomic mass is 16.5. The zero-order valence-electron chi connectivity index (χ0n) is 12.8. The molecule has 0 rings (SSSR count). The monoisotopic (exact) mass is 274 g/mol. The normalized spacial score (nSPS) is 12.4. The van der Waals surface area contributed by atoms with Gasteiger partial charge in [0.15, 0.2) is 0 Å². The highest BCUT2D eigenvalue weighted by molar-refractivity contribution is 5.69. The van der Waals surface area contributed by atoms with Gasteiger partial charge >= 0.3 is 5.97 Å². The summed E-state index contributed by atoms with van der Waals surface area (Å²) >= 11 is 0. The molecule has 4 nitrogen and oxygen atoms in total. The summed E-state index contributed by atoms with van der Waals surface area (Å²) in [6, 6.07) is 0. The predicted molar refractivity (Wildman–Crippen MR) is 76.2 cm³/mol. The summed E-state index contributed by atoms with van der Waals surface area (Å²) in [4.78, 5) is 11.3. The van der Waals surface area contributed by atoms with Crippen molar-refractivity contribution in [3.05, 3.63) is 0 Å². The van der Waals surface area contributed by atoms with Crippen LogP contribution < -0.4 is 0 Å². The van der Waals surface area contributed by atoms with Gasteiger partial charge in [-0.3, -0.25) is 4.79 Å². The zero-order valence-corrected chi connectivity index (χ0v) is 12.8. The van der Waals surface area contributed by atoms with E-state index in [0.717, 1.165) is 25.9 Å². The van der Waals surface area contributed by atoms with E-state index >= 15 is 0 Å². The first kappa shape index (κ1) is 18.4. The number of rotatable bonds is 13. The lowest BCUT2D eigenvalue weighted by atomic mass is 10.1. The van der Waals surface area contributed by atoms with Crippen molar-refractivity contribution in [2.24, 2.45) is 0 Å². The van der Waals surface area contributed by atoms with E-state index in [2.05, 4.69) is 6.92 Å². The molecule has 0 radical (unpaired) electrons. The summed E-state index contributed by atoms with van der Waals surface area (Å²) in [5.74, 6) is -0.106. The third kappa shape index (κ3) is 12.2. The van der Waals surface area contributed by atoms with Crippen LogP contribution in [0.3, 0.4) is 0 Å². The number of hydrogen-bond donors (Lipinski definition) is 0. The van der Waals surface area contributed by atoms with Crippen LogP contribution >= 0.6 is 0 Å². The molecule has 0 amide bonds. The van der Waals surface area contributed by atoms with Crippen LogP contribution in [0.1, 0.15) is 59.3 Å². The van der Waals surface area contributed by atoms with Crippen LogP contribution in [0.25, 0.3) is 0 Å². The molecule has 0 saturated heterocycles. The number of hydrogen-bond acceptors (Lipinski definition) is 4.